The fourth-order valence-electron chi connectivity index (χ4n) is 3.79. The molecule has 1 aliphatic carbocycles. The van der Waals surface area contributed by atoms with Crippen LogP contribution in [0.25, 0.3) is 11.0 Å². The van der Waals surface area contributed by atoms with Crippen LogP contribution in [0.5, 0.6) is 0 Å². The van der Waals surface area contributed by atoms with Crippen molar-refractivity contribution in [3.05, 3.63) is 71.0 Å². The number of furan rings is 1. The molecule has 0 unspecified atom stereocenters. The number of esters is 1. The molecule has 1 aromatic heterocycles. The summed E-state index contributed by atoms with van der Waals surface area (Å²) < 4.78 is 10.5. The average Bonchev–Trinajstić information content (AvgIpc) is 3.09. The van der Waals surface area contributed by atoms with Gasteiger partial charge in [0.15, 0.2) is 0 Å². The highest BCUT2D eigenvalue weighted by molar-refractivity contribution is 5.89. The van der Waals surface area contributed by atoms with Gasteiger partial charge in [-0.15, -0.1) is 0 Å². The molecule has 0 radical (unpaired) electrons. The number of fused-ring (bicyclic) bond motifs is 1. The van der Waals surface area contributed by atoms with Crippen molar-refractivity contribution >= 4 is 16.9 Å². The third-order valence-corrected chi connectivity index (χ3v) is 5.26. The molecule has 3 aromatic rings. The van der Waals surface area contributed by atoms with Crippen molar-refractivity contribution in [3.63, 3.8) is 0 Å². The van der Waals surface area contributed by atoms with Crippen LogP contribution < -0.4 is 0 Å². The van der Waals surface area contributed by atoms with E-state index >= 15 is 0 Å². The highest BCUT2D eigenvalue weighted by Crippen LogP contribution is 2.49. The highest BCUT2D eigenvalue weighted by Gasteiger charge is 2.40. The second-order valence-electron chi connectivity index (χ2n) is 6.61. The number of aryl methyl sites for hydroxylation is 1. The summed E-state index contributed by atoms with van der Waals surface area (Å²) >= 11 is 0. The van der Waals surface area contributed by atoms with Gasteiger partial charge in [0.2, 0.25) is 0 Å². The molecule has 4 rings (SSSR count). The Labute approximate surface area is 168 Å². The summed E-state index contributed by atoms with van der Waals surface area (Å²) in [4.78, 5) is 11.6. The first kappa shape index (κ1) is 21.7. The van der Waals surface area contributed by atoms with Gasteiger partial charge < -0.3 is 9.15 Å². The standard InChI is InChI=1S/C21H20O3.2C2H6/c1-14-12-16-13-18(8-9-19(16)24-14)21(10-3-11-21)17-6-4-15(5-7-17)20(22)23-2;2*1-2/h4-9,12-13H,3,10-11H2,1-2H3;2*1-2H3. The van der Waals surface area contributed by atoms with Crippen LogP contribution in [0.2, 0.25) is 0 Å². The quantitative estimate of drug-likeness (QED) is 0.457. The lowest BCUT2D eigenvalue weighted by molar-refractivity contribution is 0.0600. The Morgan fingerprint density at radius 2 is 1.54 bits per heavy atom. The molecule has 0 aliphatic heterocycles. The Kier molecular flexibility index (Phi) is 7.45. The van der Waals surface area contributed by atoms with Crippen LogP contribution >= 0.6 is 0 Å². The predicted molar refractivity (Wildman–Crippen MR) is 116 cm³/mol. The number of benzene rings is 2. The fraction of sp³-hybridized carbons (Fsp3) is 0.400. The second kappa shape index (κ2) is 9.59. The molecular weight excluding hydrogens is 348 g/mol. The molecule has 1 heterocycles. The van der Waals surface area contributed by atoms with Crippen LogP contribution in [0.1, 0.15) is 74.2 Å². The second-order valence-corrected chi connectivity index (χ2v) is 6.61. The maximum Gasteiger partial charge on any atom is 0.337 e. The van der Waals surface area contributed by atoms with Crippen LogP contribution in [-0.2, 0) is 10.2 Å². The van der Waals surface area contributed by atoms with Gasteiger partial charge >= 0.3 is 5.97 Å². The van der Waals surface area contributed by atoms with Crippen molar-refractivity contribution in [3.8, 4) is 0 Å². The number of carbonyl (C=O) groups is 1. The van der Waals surface area contributed by atoms with Crippen LogP contribution in [-0.4, -0.2) is 13.1 Å². The summed E-state index contributed by atoms with van der Waals surface area (Å²) in [5.41, 5.74) is 4.17. The van der Waals surface area contributed by atoms with Crippen LogP contribution in [0.15, 0.2) is 52.9 Å². The molecule has 0 spiro atoms. The molecule has 0 saturated heterocycles. The number of ether oxygens (including phenoxy) is 1. The van der Waals surface area contributed by atoms with E-state index in [-0.39, 0.29) is 11.4 Å². The molecule has 1 saturated carbocycles. The molecule has 1 fully saturated rings. The van der Waals surface area contributed by atoms with E-state index in [0.29, 0.717) is 5.56 Å². The van der Waals surface area contributed by atoms with E-state index in [4.69, 9.17) is 9.15 Å². The van der Waals surface area contributed by atoms with Gasteiger partial charge in [-0.2, -0.15) is 0 Å². The molecule has 0 N–H and O–H groups in total. The Hall–Kier alpha value is -2.55. The number of methoxy groups -OCH3 is 1. The lowest BCUT2D eigenvalue weighted by Gasteiger charge is -2.43. The van der Waals surface area contributed by atoms with Crippen molar-refractivity contribution in [2.45, 2.75) is 59.3 Å². The molecule has 3 nitrogen and oxygen atoms in total. The van der Waals surface area contributed by atoms with Gasteiger partial charge in [0.05, 0.1) is 12.7 Å². The Morgan fingerprint density at radius 3 is 2.07 bits per heavy atom. The lowest BCUT2D eigenvalue weighted by atomic mass is 9.60. The SMILES string of the molecule is CC.CC.COC(=O)c1ccc(C2(c3ccc4oc(C)cc4c3)CCC2)cc1. The van der Waals surface area contributed by atoms with Crippen molar-refractivity contribution in [1.82, 2.24) is 0 Å². The van der Waals surface area contributed by atoms with Crippen molar-refractivity contribution in [2.24, 2.45) is 0 Å². The Balaban J connectivity index is 0.000000660. The van der Waals surface area contributed by atoms with E-state index in [1.807, 2.05) is 46.8 Å². The summed E-state index contributed by atoms with van der Waals surface area (Å²) in [6.45, 7) is 9.98. The van der Waals surface area contributed by atoms with E-state index in [1.165, 1.54) is 24.7 Å². The van der Waals surface area contributed by atoms with Crippen LogP contribution in [0.4, 0.5) is 0 Å². The smallest absolute Gasteiger partial charge is 0.337 e. The molecule has 1 aliphatic rings. The number of hydrogen-bond acceptors (Lipinski definition) is 3. The average molecular weight is 381 g/mol. The van der Waals surface area contributed by atoms with Crippen LogP contribution in [0, 0.1) is 6.92 Å². The summed E-state index contributed by atoms with van der Waals surface area (Å²) in [5.74, 6) is 0.645. The van der Waals surface area contributed by atoms with Gasteiger partial charge in [-0.05, 0) is 61.2 Å². The maximum absolute atomic E-state index is 11.6. The zero-order valence-electron chi connectivity index (χ0n) is 18.0. The Bertz CT molecular complexity index is 899. The molecule has 0 amide bonds. The first-order valence-corrected chi connectivity index (χ1v) is 10.3. The molecule has 0 atom stereocenters. The summed E-state index contributed by atoms with van der Waals surface area (Å²) in [7, 11) is 1.41. The topological polar surface area (TPSA) is 39.4 Å². The van der Waals surface area contributed by atoms with E-state index in [0.717, 1.165) is 29.6 Å². The predicted octanol–water partition coefficient (Wildman–Crippen LogP) is 7.05. The number of carbonyl (C=O) groups excluding carboxylic acids is 1. The molecule has 0 bridgehead atoms. The van der Waals surface area contributed by atoms with Gasteiger partial charge in [-0.25, -0.2) is 4.79 Å². The molecule has 28 heavy (non-hydrogen) atoms. The zero-order chi connectivity index (χ0) is 20.7. The first-order valence-electron chi connectivity index (χ1n) is 10.3. The Morgan fingerprint density at radius 1 is 0.929 bits per heavy atom. The minimum atomic E-state index is -0.292. The molecule has 3 heteroatoms. The van der Waals surface area contributed by atoms with E-state index in [9.17, 15) is 4.79 Å². The minimum Gasteiger partial charge on any atom is -0.465 e. The van der Waals surface area contributed by atoms with Gasteiger partial charge in [0, 0.05) is 10.8 Å². The van der Waals surface area contributed by atoms with Crippen LogP contribution in [0.3, 0.4) is 0 Å². The van der Waals surface area contributed by atoms with E-state index in [2.05, 4.69) is 36.4 Å². The van der Waals surface area contributed by atoms with E-state index < -0.39 is 0 Å². The van der Waals surface area contributed by atoms with Gasteiger partial charge in [-0.1, -0.05) is 52.3 Å². The summed E-state index contributed by atoms with van der Waals surface area (Å²) in [6, 6.07) is 16.4. The zero-order valence-corrected chi connectivity index (χ0v) is 18.0. The molecular formula is C25H32O3. The van der Waals surface area contributed by atoms with Gasteiger partial charge in [0.25, 0.3) is 0 Å². The fourth-order valence-corrected chi connectivity index (χ4v) is 3.79. The summed E-state index contributed by atoms with van der Waals surface area (Å²) in [5, 5.41) is 1.16. The molecule has 150 valence electrons. The van der Waals surface area contributed by atoms with Gasteiger partial charge in [0.1, 0.15) is 11.3 Å². The minimum absolute atomic E-state index is 0.0496. The monoisotopic (exact) mass is 380 g/mol. The van der Waals surface area contributed by atoms with Gasteiger partial charge in [-0.3, -0.25) is 0 Å². The number of rotatable bonds is 3. The number of hydrogen-bond donors (Lipinski definition) is 0. The maximum atomic E-state index is 11.6. The van der Waals surface area contributed by atoms with Crippen molar-refractivity contribution in [1.29, 1.82) is 0 Å². The lowest BCUT2D eigenvalue weighted by Crippen LogP contribution is -2.35. The van der Waals surface area contributed by atoms with Crippen molar-refractivity contribution < 1.29 is 13.9 Å². The first-order chi connectivity index (χ1) is 13.6. The third kappa shape index (κ3) is 3.99. The molecule has 2 aromatic carbocycles. The summed E-state index contributed by atoms with van der Waals surface area (Å²) in [6.07, 6.45) is 3.49. The highest BCUT2D eigenvalue weighted by atomic mass is 16.5. The largest absolute Gasteiger partial charge is 0.465 e. The normalized spacial score (nSPS) is 14.1. The van der Waals surface area contributed by atoms with Crippen molar-refractivity contribution in [2.75, 3.05) is 7.11 Å². The van der Waals surface area contributed by atoms with E-state index in [1.54, 1.807) is 0 Å². The third-order valence-electron chi connectivity index (χ3n) is 5.26.